The molecule has 0 unspecified atom stereocenters. The average Bonchev–Trinajstić information content (AvgIpc) is 3.29. The number of nitrogens with zero attached hydrogens (tertiary/aromatic N) is 4. The van der Waals surface area contributed by atoms with E-state index < -0.39 is 0 Å². The lowest BCUT2D eigenvalue weighted by molar-refractivity contribution is 0.811. The highest BCUT2D eigenvalue weighted by Crippen LogP contribution is 2.11. The molecule has 0 spiro atoms. The fourth-order valence-electron chi connectivity index (χ4n) is 2.37. The highest BCUT2D eigenvalue weighted by molar-refractivity contribution is 14.0. The van der Waals surface area contributed by atoms with Crippen LogP contribution in [0.1, 0.15) is 22.4 Å². The maximum atomic E-state index is 4.67. The van der Waals surface area contributed by atoms with E-state index in [-0.39, 0.29) is 24.0 Å². The van der Waals surface area contributed by atoms with Crippen molar-refractivity contribution in [3.8, 4) is 5.69 Å². The van der Waals surface area contributed by atoms with E-state index in [1.807, 2.05) is 35.3 Å². The van der Waals surface area contributed by atoms with Gasteiger partial charge in [0, 0.05) is 30.0 Å². The van der Waals surface area contributed by atoms with Crippen LogP contribution in [-0.4, -0.2) is 27.3 Å². The van der Waals surface area contributed by atoms with E-state index >= 15 is 0 Å². The Labute approximate surface area is 174 Å². The number of aromatic nitrogens is 3. The van der Waals surface area contributed by atoms with Gasteiger partial charge in [0.05, 0.1) is 18.8 Å². The third-order valence-electron chi connectivity index (χ3n) is 3.52. The first kappa shape index (κ1) is 20.4. The number of rotatable bonds is 6. The number of guanidine groups is 1. The molecular formula is C18H23IN6S. The van der Waals surface area contributed by atoms with Crippen molar-refractivity contribution in [3.63, 3.8) is 0 Å². The SMILES string of the molecule is CCNC(=NCc1cccc(-n2cccn2)c1)NCc1ncc(C)s1.I. The Bertz CT molecular complexity index is 828. The van der Waals surface area contributed by atoms with Gasteiger partial charge in [0.2, 0.25) is 0 Å². The van der Waals surface area contributed by atoms with Crippen molar-refractivity contribution in [3.05, 3.63) is 64.4 Å². The van der Waals surface area contributed by atoms with Crippen LogP contribution in [0.5, 0.6) is 0 Å². The second kappa shape index (κ2) is 10.3. The number of thiazole rings is 1. The molecule has 0 bridgehead atoms. The van der Waals surface area contributed by atoms with Crippen LogP contribution < -0.4 is 10.6 Å². The summed E-state index contributed by atoms with van der Waals surface area (Å²) >= 11 is 1.70. The highest BCUT2D eigenvalue weighted by Gasteiger charge is 2.03. The third-order valence-corrected chi connectivity index (χ3v) is 4.43. The fourth-order valence-corrected chi connectivity index (χ4v) is 3.10. The lowest BCUT2D eigenvalue weighted by Crippen LogP contribution is -2.36. The van der Waals surface area contributed by atoms with E-state index in [4.69, 9.17) is 0 Å². The summed E-state index contributed by atoms with van der Waals surface area (Å²) in [6.07, 6.45) is 5.61. The van der Waals surface area contributed by atoms with Crippen molar-refractivity contribution in [2.45, 2.75) is 26.9 Å². The molecule has 3 rings (SSSR count). The molecule has 26 heavy (non-hydrogen) atoms. The third kappa shape index (κ3) is 5.80. The Balaban J connectivity index is 0.00000243. The monoisotopic (exact) mass is 482 g/mol. The van der Waals surface area contributed by atoms with Crippen LogP contribution in [-0.2, 0) is 13.1 Å². The molecule has 138 valence electrons. The number of benzene rings is 1. The van der Waals surface area contributed by atoms with Crippen molar-refractivity contribution in [2.24, 2.45) is 4.99 Å². The fraction of sp³-hybridized carbons (Fsp3) is 0.278. The Morgan fingerprint density at radius 1 is 1.27 bits per heavy atom. The molecule has 2 heterocycles. The van der Waals surface area contributed by atoms with Crippen LogP contribution in [0.2, 0.25) is 0 Å². The zero-order valence-electron chi connectivity index (χ0n) is 14.8. The standard InChI is InChI=1S/C18H22N6S.HI/c1-3-19-18(22-13-17-20-11-14(2)25-17)21-12-15-6-4-7-16(10-15)24-9-5-8-23-24;/h4-11H,3,12-13H2,1-2H3,(H2,19,21,22);1H. The zero-order valence-corrected chi connectivity index (χ0v) is 18.0. The van der Waals surface area contributed by atoms with E-state index in [9.17, 15) is 0 Å². The number of aryl methyl sites for hydroxylation is 1. The van der Waals surface area contributed by atoms with E-state index in [1.165, 1.54) is 4.88 Å². The highest BCUT2D eigenvalue weighted by atomic mass is 127. The van der Waals surface area contributed by atoms with Gasteiger partial charge in [-0.1, -0.05) is 12.1 Å². The molecule has 3 aromatic rings. The van der Waals surface area contributed by atoms with Gasteiger partial charge in [0.25, 0.3) is 0 Å². The molecule has 0 atom stereocenters. The average molecular weight is 482 g/mol. The number of halogens is 1. The van der Waals surface area contributed by atoms with Crippen LogP contribution in [0.25, 0.3) is 5.69 Å². The van der Waals surface area contributed by atoms with Gasteiger partial charge < -0.3 is 10.6 Å². The van der Waals surface area contributed by atoms with Crippen LogP contribution in [0.15, 0.2) is 53.9 Å². The molecule has 0 radical (unpaired) electrons. The molecule has 0 amide bonds. The van der Waals surface area contributed by atoms with Crippen LogP contribution in [0.3, 0.4) is 0 Å². The quantitative estimate of drug-likeness (QED) is 0.321. The first-order valence-corrected chi connectivity index (χ1v) is 9.08. The Morgan fingerprint density at radius 2 is 2.15 bits per heavy atom. The number of nitrogens with one attached hydrogen (secondary N) is 2. The summed E-state index contributed by atoms with van der Waals surface area (Å²) in [6.45, 7) is 6.21. The van der Waals surface area contributed by atoms with E-state index in [2.05, 4.69) is 51.7 Å². The van der Waals surface area contributed by atoms with Crippen LogP contribution in [0.4, 0.5) is 0 Å². The minimum Gasteiger partial charge on any atom is -0.357 e. The van der Waals surface area contributed by atoms with Gasteiger partial charge in [0.15, 0.2) is 5.96 Å². The second-order valence-electron chi connectivity index (χ2n) is 5.53. The van der Waals surface area contributed by atoms with Gasteiger partial charge in [-0.05, 0) is 37.6 Å². The predicted octanol–water partition coefficient (Wildman–Crippen LogP) is 3.51. The molecule has 0 saturated heterocycles. The first-order valence-electron chi connectivity index (χ1n) is 8.27. The number of hydrogen-bond donors (Lipinski definition) is 2. The first-order chi connectivity index (χ1) is 12.2. The Hall–Kier alpha value is -1.94. The summed E-state index contributed by atoms with van der Waals surface area (Å²) in [4.78, 5) is 10.3. The smallest absolute Gasteiger partial charge is 0.191 e. The summed E-state index contributed by atoms with van der Waals surface area (Å²) in [5.41, 5.74) is 2.17. The van der Waals surface area contributed by atoms with Gasteiger partial charge in [-0.25, -0.2) is 14.7 Å². The summed E-state index contributed by atoms with van der Waals surface area (Å²) in [5, 5.41) is 11.9. The van der Waals surface area contributed by atoms with Crippen molar-refractivity contribution in [1.29, 1.82) is 0 Å². The van der Waals surface area contributed by atoms with Gasteiger partial charge in [-0.2, -0.15) is 5.10 Å². The molecular weight excluding hydrogens is 459 g/mol. The Kier molecular flexibility index (Phi) is 8.05. The van der Waals surface area contributed by atoms with E-state index in [0.717, 1.165) is 28.8 Å². The molecule has 0 aliphatic heterocycles. The molecule has 0 fully saturated rings. The lowest BCUT2D eigenvalue weighted by Gasteiger charge is -2.10. The molecule has 2 aromatic heterocycles. The summed E-state index contributed by atoms with van der Waals surface area (Å²) in [6, 6.07) is 10.2. The molecule has 0 aliphatic carbocycles. The van der Waals surface area contributed by atoms with Crippen molar-refractivity contribution in [2.75, 3.05) is 6.54 Å². The predicted molar refractivity (Wildman–Crippen MR) is 117 cm³/mol. The van der Waals surface area contributed by atoms with Crippen molar-refractivity contribution >= 4 is 41.3 Å². The maximum Gasteiger partial charge on any atom is 0.191 e. The molecule has 0 aliphatic rings. The normalized spacial score (nSPS) is 11.1. The molecule has 8 heteroatoms. The minimum absolute atomic E-state index is 0. The second-order valence-corrected chi connectivity index (χ2v) is 6.85. The lowest BCUT2D eigenvalue weighted by atomic mass is 10.2. The molecule has 6 nitrogen and oxygen atoms in total. The number of hydrogen-bond acceptors (Lipinski definition) is 4. The van der Waals surface area contributed by atoms with Gasteiger partial charge in [0.1, 0.15) is 5.01 Å². The van der Waals surface area contributed by atoms with Gasteiger partial charge in [-0.15, -0.1) is 35.3 Å². The largest absolute Gasteiger partial charge is 0.357 e. The molecule has 2 N–H and O–H groups in total. The summed E-state index contributed by atoms with van der Waals surface area (Å²) < 4.78 is 1.85. The van der Waals surface area contributed by atoms with Gasteiger partial charge in [-0.3, -0.25) is 0 Å². The Morgan fingerprint density at radius 3 is 2.85 bits per heavy atom. The number of aliphatic imine (C=N–C) groups is 1. The summed E-state index contributed by atoms with van der Waals surface area (Å²) in [5.74, 6) is 0.792. The topological polar surface area (TPSA) is 67.1 Å². The van der Waals surface area contributed by atoms with Crippen molar-refractivity contribution < 1.29 is 0 Å². The molecule has 1 aromatic carbocycles. The van der Waals surface area contributed by atoms with Crippen LogP contribution in [0, 0.1) is 6.92 Å². The zero-order chi connectivity index (χ0) is 17.5. The molecule has 0 saturated carbocycles. The van der Waals surface area contributed by atoms with Crippen LogP contribution >= 0.6 is 35.3 Å². The van der Waals surface area contributed by atoms with E-state index in [0.29, 0.717) is 13.1 Å². The summed E-state index contributed by atoms with van der Waals surface area (Å²) in [7, 11) is 0. The minimum atomic E-state index is 0. The van der Waals surface area contributed by atoms with E-state index in [1.54, 1.807) is 17.5 Å². The maximum absolute atomic E-state index is 4.67. The van der Waals surface area contributed by atoms with Gasteiger partial charge >= 0.3 is 0 Å². The van der Waals surface area contributed by atoms with Crippen molar-refractivity contribution in [1.82, 2.24) is 25.4 Å².